The van der Waals surface area contributed by atoms with Gasteiger partial charge in [0, 0.05) is 5.25 Å². The molecule has 0 heterocycles. The van der Waals surface area contributed by atoms with Crippen LogP contribution in [0.4, 0.5) is 0 Å². The van der Waals surface area contributed by atoms with Gasteiger partial charge in [0.15, 0.2) is 0 Å². The van der Waals surface area contributed by atoms with Gasteiger partial charge >= 0.3 is 5.97 Å². The van der Waals surface area contributed by atoms with Gasteiger partial charge in [0.1, 0.15) is 6.04 Å². The SMILES string of the molecule is CCOC(=O)C(N)CCSC1CCCCCC1. The zero-order valence-electron chi connectivity index (χ0n) is 10.8. The Morgan fingerprint density at radius 3 is 2.59 bits per heavy atom. The number of thioether (sulfide) groups is 1. The number of carbonyl (C=O) groups excluding carboxylic acids is 1. The molecule has 3 nitrogen and oxygen atoms in total. The number of esters is 1. The lowest BCUT2D eigenvalue weighted by Gasteiger charge is -2.15. The van der Waals surface area contributed by atoms with Crippen molar-refractivity contribution in [2.75, 3.05) is 12.4 Å². The highest BCUT2D eigenvalue weighted by Gasteiger charge is 2.16. The van der Waals surface area contributed by atoms with Crippen LogP contribution in [0, 0.1) is 0 Å². The van der Waals surface area contributed by atoms with Crippen LogP contribution in [-0.2, 0) is 9.53 Å². The molecule has 1 fully saturated rings. The third-order valence-electron chi connectivity index (χ3n) is 3.17. The largest absolute Gasteiger partial charge is 0.465 e. The van der Waals surface area contributed by atoms with E-state index in [2.05, 4.69) is 0 Å². The van der Waals surface area contributed by atoms with Crippen LogP contribution >= 0.6 is 11.8 Å². The first-order valence-corrected chi connectivity index (χ1v) is 7.82. The second-order valence-corrected chi connectivity index (χ2v) is 6.04. The highest BCUT2D eigenvalue weighted by atomic mass is 32.2. The molecule has 1 atom stereocenters. The maximum atomic E-state index is 11.3. The van der Waals surface area contributed by atoms with Gasteiger partial charge in [-0.05, 0) is 31.9 Å². The number of hydrogen-bond donors (Lipinski definition) is 1. The average molecular weight is 259 g/mol. The minimum atomic E-state index is -0.437. The highest BCUT2D eigenvalue weighted by Crippen LogP contribution is 2.27. The number of hydrogen-bond acceptors (Lipinski definition) is 4. The van der Waals surface area contributed by atoms with Gasteiger partial charge in [-0.3, -0.25) is 4.79 Å². The molecule has 1 aliphatic carbocycles. The van der Waals surface area contributed by atoms with Crippen molar-refractivity contribution in [3.63, 3.8) is 0 Å². The first kappa shape index (κ1) is 14.8. The lowest BCUT2D eigenvalue weighted by atomic mass is 10.2. The van der Waals surface area contributed by atoms with Crippen LogP contribution in [0.3, 0.4) is 0 Å². The van der Waals surface area contributed by atoms with Crippen molar-refractivity contribution in [2.45, 2.75) is 63.2 Å². The molecule has 0 saturated heterocycles. The van der Waals surface area contributed by atoms with E-state index in [-0.39, 0.29) is 5.97 Å². The molecule has 100 valence electrons. The van der Waals surface area contributed by atoms with E-state index in [1.165, 1.54) is 38.5 Å². The van der Waals surface area contributed by atoms with Crippen molar-refractivity contribution in [1.82, 2.24) is 0 Å². The Bertz CT molecular complexity index is 215. The van der Waals surface area contributed by atoms with Crippen molar-refractivity contribution < 1.29 is 9.53 Å². The maximum Gasteiger partial charge on any atom is 0.322 e. The highest BCUT2D eigenvalue weighted by molar-refractivity contribution is 7.99. The van der Waals surface area contributed by atoms with Crippen LogP contribution in [0.1, 0.15) is 51.9 Å². The van der Waals surface area contributed by atoms with Crippen LogP contribution in [0.5, 0.6) is 0 Å². The van der Waals surface area contributed by atoms with Gasteiger partial charge in [0.2, 0.25) is 0 Å². The summed E-state index contributed by atoms with van der Waals surface area (Å²) in [5, 5.41) is 0.784. The Morgan fingerprint density at radius 2 is 2.00 bits per heavy atom. The number of ether oxygens (including phenoxy) is 1. The summed E-state index contributed by atoms with van der Waals surface area (Å²) < 4.78 is 4.89. The molecule has 0 aromatic rings. The molecule has 0 aromatic heterocycles. The standard InChI is InChI=1S/C13H25NO2S/c1-2-16-13(15)12(14)9-10-17-11-7-5-3-4-6-8-11/h11-12H,2-10,14H2,1H3. The summed E-state index contributed by atoms with van der Waals surface area (Å²) in [5.41, 5.74) is 5.76. The van der Waals surface area contributed by atoms with E-state index in [0.29, 0.717) is 6.61 Å². The molecule has 0 aliphatic heterocycles. The number of nitrogens with two attached hydrogens (primary N) is 1. The van der Waals surface area contributed by atoms with E-state index in [4.69, 9.17) is 10.5 Å². The van der Waals surface area contributed by atoms with Gasteiger partial charge in [0.05, 0.1) is 6.61 Å². The molecule has 1 saturated carbocycles. The van der Waals surface area contributed by atoms with Crippen molar-refractivity contribution in [3.8, 4) is 0 Å². The quantitative estimate of drug-likeness (QED) is 0.588. The third kappa shape index (κ3) is 6.32. The average Bonchev–Trinajstić information content (AvgIpc) is 2.58. The minimum Gasteiger partial charge on any atom is -0.465 e. The van der Waals surface area contributed by atoms with Crippen molar-refractivity contribution >= 4 is 17.7 Å². The molecule has 0 spiro atoms. The van der Waals surface area contributed by atoms with Crippen LogP contribution in [-0.4, -0.2) is 29.6 Å². The fraction of sp³-hybridized carbons (Fsp3) is 0.923. The van der Waals surface area contributed by atoms with Crippen LogP contribution in [0.25, 0.3) is 0 Å². The lowest BCUT2D eigenvalue weighted by Crippen LogP contribution is -2.33. The van der Waals surface area contributed by atoms with E-state index >= 15 is 0 Å². The summed E-state index contributed by atoms with van der Waals surface area (Å²) in [7, 11) is 0. The molecule has 4 heteroatoms. The van der Waals surface area contributed by atoms with E-state index in [1.54, 1.807) is 0 Å². The maximum absolute atomic E-state index is 11.3. The molecule has 1 aliphatic rings. The van der Waals surface area contributed by atoms with Gasteiger partial charge in [-0.15, -0.1) is 0 Å². The molecule has 2 N–H and O–H groups in total. The summed E-state index contributed by atoms with van der Waals surface area (Å²) in [6.07, 6.45) is 8.90. The van der Waals surface area contributed by atoms with Gasteiger partial charge in [-0.1, -0.05) is 25.7 Å². The second-order valence-electron chi connectivity index (χ2n) is 4.63. The van der Waals surface area contributed by atoms with Gasteiger partial charge < -0.3 is 10.5 Å². The summed E-state index contributed by atoms with van der Waals surface area (Å²) in [4.78, 5) is 11.3. The zero-order chi connectivity index (χ0) is 12.5. The zero-order valence-corrected chi connectivity index (χ0v) is 11.6. The van der Waals surface area contributed by atoms with Crippen molar-refractivity contribution in [1.29, 1.82) is 0 Å². The number of rotatable bonds is 6. The topological polar surface area (TPSA) is 52.3 Å². The molecule has 0 amide bonds. The monoisotopic (exact) mass is 259 g/mol. The second kappa shape index (κ2) is 8.81. The Morgan fingerprint density at radius 1 is 1.35 bits per heavy atom. The van der Waals surface area contributed by atoms with E-state index < -0.39 is 6.04 Å². The first-order valence-electron chi connectivity index (χ1n) is 6.78. The molecular weight excluding hydrogens is 234 g/mol. The molecule has 17 heavy (non-hydrogen) atoms. The predicted molar refractivity (Wildman–Crippen MR) is 73.2 cm³/mol. The van der Waals surface area contributed by atoms with Gasteiger partial charge in [-0.2, -0.15) is 11.8 Å². The Kier molecular flexibility index (Phi) is 7.69. The van der Waals surface area contributed by atoms with Gasteiger partial charge in [-0.25, -0.2) is 0 Å². The van der Waals surface area contributed by atoms with Crippen LogP contribution in [0.2, 0.25) is 0 Å². The number of carbonyl (C=O) groups is 1. The Labute approximate surface area is 109 Å². The molecule has 0 aromatic carbocycles. The first-order chi connectivity index (χ1) is 8.24. The summed E-state index contributed by atoms with van der Waals surface area (Å²) in [5.74, 6) is 0.721. The molecule has 1 unspecified atom stereocenters. The Balaban J connectivity index is 2.11. The molecule has 0 bridgehead atoms. The summed E-state index contributed by atoms with van der Waals surface area (Å²) >= 11 is 1.99. The minimum absolute atomic E-state index is 0.256. The Hall–Kier alpha value is -0.220. The van der Waals surface area contributed by atoms with E-state index in [1.807, 2.05) is 18.7 Å². The van der Waals surface area contributed by atoms with Crippen LogP contribution < -0.4 is 5.73 Å². The fourth-order valence-electron chi connectivity index (χ4n) is 2.14. The van der Waals surface area contributed by atoms with E-state index in [0.717, 1.165) is 17.4 Å². The summed E-state index contributed by atoms with van der Waals surface area (Å²) in [6.45, 7) is 2.23. The molecular formula is C13H25NO2S. The van der Waals surface area contributed by atoms with Crippen molar-refractivity contribution in [3.05, 3.63) is 0 Å². The smallest absolute Gasteiger partial charge is 0.322 e. The molecule has 1 rings (SSSR count). The fourth-order valence-corrected chi connectivity index (χ4v) is 3.53. The predicted octanol–water partition coefficient (Wildman–Crippen LogP) is 2.72. The van der Waals surface area contributed by atoms with Crippen LogP contribution in [0.15, 0.2) is 0 Å². The molecule has 0 radical (unpaired) electrons. The van der Waals surface area contributed by atoms with E-state index in [9.17, 15) is 4.79 Å². The summed E-state index contributed by atoms with van der Waals surface area (Å²) in [6, 6.07) is -0.437. The van der Waals surface area contributed by atoms with Crippen molar-refractivity contribution in [2.24, 2.45) is 5.73 Å². The van der Waals surface area contributed by atoms with Gasteiger partial charge in [0.25, 0.3) is 0 Å². The third-order valence-corrected chi connectivity index (χ3v) is 4.59. The normalized spacial score (nSPS) is 19.6. The lowest BCUT2D eigenvalue weighted by molar-refractivity contribution is -0.144.